The van der Waals surface area contributed by atoms with Crippen LogP contribution in [0.4, 0.5) is 4.79 Å². The summed E-state index contributed by atoms with van der Waals surface area (Å²) in [7, 11) is -4.11. The summed E-state index contributed by atoms with van der Waals surface area (Å²) >= 11 is 0. The highest BCUT2D eigenvalue weighted by atomic mass is 35.5. The van der Waals surface area contributed by atoms with Crippen LogP contribution >= 0.6 is 12.4 Å². The molecule has 0 aromatic heterocycles. The van der Waals surface area contributed by atoms with Gasteiger partial charge in [-0.3, -0.25) is 4.90 Å². The molecule has 1 unspecified atom stereocenters. The number of sulfonamides is 1. The van der Waals surface area contributed by atoms with E-state index in [0.29, 0.717) is 13.2 Å². The summed E-state index contributed by atoms with van der Waals surface area (Å²) in [6.45, 7) is 10.3. The van der Waals surface area contributed by atoms with Crippen molar-refractivity contribution in [2.75, 3.05) is 26.2 Å². The van der Waals surface area contributed by atoms with E-state index in [1.807, 2.05) is 20.8 Å². The lowest BCUT2D eigenvalue weighted by atomic mass is 10.0. The standard InChI is InChI=1S/C29H46N2O8S.ClH/c1-5-6-7-8-12-19-35-25-24(37-27-26(25)38-29(3,4)39-27)23(20-31-17-10-9-11-18-31)36-28(32)30-40(33,34)22-15-13-21(2)14-16-22;/h13-16,23-27H,5-12,17-20H2,1-4H3,(H,30,32);1H/t23?,24-,25+,26-,27-;/m1./s1. The summed E-state index contributed by atoms with van der Waals surface area (Å²) in [6.07, 6.45) is 4.52. The van der Waals surface area contributed by atoms with E-state index in [9.17, 15) is 13.2 Å². The van der Waals surface area contributed by atoms with Gasteiger partial charge in [-0.15, -0.1) is 12.4 Å². The number of hydrogen-bond donors (Lipinski definition) is 1. The second-order valence-corrected chi connectivity index (χ2v) is 13.2. The number of piperidine rings is 1. The molecule has 0 saturated carbocycles. The molecular weight excluding hydrogens is 572 g/mol. The third kappa shape index (κ3) is 9.51. The van der Waals surface area contributed by atoms with Gasteiger partial charge in [0.25, 0.3) is 10.0 Å². The van der Waals surface area contributed by atoms with Gasteiger partial charge in [-0.2, -0.15) is 0 Å². The topological polar surface area (TPSA) is 113 Å². The van der Waals surface area contributed by atoms with Crippen LogP contribution in [0.2, 0.25) is 0 Å². The number of hydrogen-bond acceptors (Lipinski definition) is 9. The van der Waals surface area contributed by atoms with E-state index in [0.717, 1.165) is 57.2 Å². The summed E-state index contributed by atoms with van der Waals surface area (Å²) in [5.74, 6) is -0.828. The first kappa shape index (κ1) is 34.0. The zero-order valence-corrected chi connectivity index (χ0v) is 26.3. The number of nitrogens with zero attached hydrogens (tertiary/aromatic N) is 1. The molecule has 0 radical (unpaired) electrons. The van der Waals surface area contributed by atoms with Gasteiger partial charge in [-0.25, -0.2) is 17.9 Å². The van der Waals surface area contributed by atoms with Gasteiger partial charge in [-0.1, -0.05) is 56.7 Å². The smallest absolute Gasteiger partial charge is 0.421 e. The molecule has 0 aliphatic carbocycles. The van der Waals surface area contributed by atoms with Crippen LogP contribution in [0.1, 0.15) is 77.7 Å². The Hall–Kier alpha value is -1.47. The van der Waals surface area contributed by atoms with Crippen molar-refractivity contribution in [3.8, 4) is 0 Å². The number of carbonyl (C=O) groups is 1. The molecule has 1 aromatic rings. The van der Waals surface area contributed by atoms with Gasteiger partial charge in [-0.05, 0) is 65.3 Å². The number of likely N-dealkylation sites (tertiary alicyclic amines) is 1. The summed E-state index contributed by atoms with van der Waals surface area (Å²) < 4.78 is 58.5. The average Bonchev–Trinajstić information content (AvgIpc) is 3.38. The number of ether oxygens (including phenoxy) is 5. The second-order valence-electron chi connectivity index (χ2n) is 11.5. The second kappa shape index (κ2) is 15.3. The van der Waals surface area contributed by atoms with Crippen molar-refractivity contribution in [3.05, 3.63) is 29.8 Å². The van der Waals surface area contributed by atoms with E-state index in [-0.39, 0.29) is 17.3 Å². The Labute approximate surface area is 251 Å². The molecule has 12 heteroatoms. The van der Waals surface area contributed by atoms with E-state index in [1.54, 1.807) is 12.1 Å². The number of benzene rings is 1. The first-order valence-corrected chi connectivity index (χ1v) is 16.2. The Kier molecular flexibility index (Phi) is 12.7. The third-order valence-electron chi connectivity index (χ3n) is 7.65. The van der Waals surface area contributed by atoms with E-state index in [4.69, 9.17) is 23.7 Å². The maximum absolute atomic E-state index is 13.0. The molecule has 3 aliphatic rings. The van der Waals surface area contributed by atoms with Crippen molar-refractivity contribution < 1.29 is 36.9 Å². The minimum atomic E-state index is -4.11. The molecule has 234 valence electrons. The van der Waals surface area contributed by atoms with Gasteiger partial charge in [0.2, 0.25) is 0 Å². The van der Waals surface area contributed by atoms with Gasteiger partial charge >= 0.3 is 6.09 Å². The highest BCUT2D eigenvalue weighted by molar-refractivity contribution is 7.90. The Morgan fingerprint density at radius 1 is 1.07 bits per heavy atom. The molecule has 3 heterocycles. The van der Waals surface area contributed by atoms with Crippen molar-refractivity contribution in [1.29, 1.82) is 0 Å². The normalized spacial score (nSPS) is 26.6. The summed E-state index contributed by atoms with van der Waals surface area (Å²) in [5, 5.41) is 0. The van der Waals surface area contributed by atoms with Crippen LogP contribution in [0.3, 0.4) is 0 Å². The fourth-order valence-electron chi connectivity index (χ4n) is 5.57. The quantitative estimate of drug-likeness (QED) is 0.308. The fraction of sp³-hybridized carbons (Fsp3) is 0.759. The minimum absolute atomic E-state index is 0. The highest BCUT2D eigenvalue weighted by Gasteiger charge is 2.58. The Morgan fingerprint density at radius 2 is 1.76 bits per heavy atom. The molecule has 5 atom stereocenters. The first-order valence-electron chi connectivity index (χ1n) is 14.7. The average molecular weight is 619 g/mol. The molecule has 3 aliphatic heterocycles. The zero-order chi connectivity index (χ0) is 28.8. The van der Waals surface area contributed by atoms with E-state index < -0.39 is 52.6 Å². The molecule has 1 amide bonds. The molecule has 3 saturated heterocycles. The number of fused-ring (bicyclic) bond motifs is 1. The molecule has 4 rings (SSSR count). The minimum Gasteiger partial charge on any atom is -0.441 e. The Balaban J connectivity index is 0.00000462. The van der Waals surface area contributed by atoms with Gasteiger partial charge in [0.1, 0.15) is 24.4 Å². The van der Waals surface area contributed by atoms with Crippen LogP contribution in [-0.4, -0.2) is 82.1 Å². The number of halogens is 1. The molecule has 0 bridgehead atoms. The van der Waals surface area contributed by atoms with Crippen LogP contribution in [0.15, 0.2) is 29.2 Å². The summed E-state index contributed by atoms with van der Waals surface area (Å²) in [6, 6.07) is 6.27. The predicted octanol–water partition coefficient (Wildman–Crippen LogP) is 4.92. The van der Waals surface area contributed by atoms with Gasteiger partial charge < -0.3 is 23.7 Å². The van der Waals surface area contributed by atoms with Crippen molar-refractivity contribution >= 4 is 28.5 Å². The number of unbranched alkanes of at least 4 members (excludes halogenated alkanes) is 4. The van der Waals surface area contributed by atoms with Crippen LogP contribution in [-0.2, 0) is 33.7 Å². The first-order chi connectivity index (χ1) is 19.1. The lowest BCUT2D eigenvalue weighted by Crippen LogP contribution is -2.51. The van der Waals surface area contributed by atoms with E-state index >= 15 is 0 Å². The SMILES string of the molecule is CCCCCCCO[C@@H]1[C@H]2OC(C)(C)O[C@H]2O[C@@H]1C(CN1CCCCC1)OC(=O)NS(=O)(=O)c1ccc(C)cc1.Cl. The third-order valence-corrected chi connectivity index (χ3v) is 8.97. The van der Waals surface area contributed by atoms with Crippen LogP contribution < -0.4 is 4.72 Å². The van der Waals surface area contributed by atoms with E-state index in [1.165, 1.54) is 25.0 Å². The summed E-state index contributed by atoms with van der Waals surface area (Å²) in [5.41, 5.74) is 0.913. The maximum Gasteiger partial charge on any atom is 0.421 e. The molecule has 0 spiro atoms. The van der Waals surface area contributed by atoms with Crippen molar-refractivity contribution in [2.45, 2.75) is 120 Å². The number of aryl methyl sites for hydroxylation is 1. The van der Waals surface area contributed by atoms with Crippen LogP contribution in [0.25, 0.3) is 0 Å². The number of nitrogens with one attached hydrogen (secondary N) is 1. The molecule has 1 aromatic carbocycles. The van der Waals surface area contributed by atoms with Crippen molar-refractivity contribution in [2.24, 2.45) is 0 Å². The fourth-order valence-corrected chi connectivity index (χ4v) is 6.45. The van der Waals surface area contributed by atoms with Crippen LogP contribution in [0.5, 0.6) is 0 Å². The molecule has 3 fully saturated rings. The zero-order valence-electron chi connectivity index (χ0n) is 24.7. The Morgan fingerprint density at radius 3 is 2.44 bits per heavy atom. The maximum atomic E-state index is 13.0. The van der Waals surface area contributed by atoms with Gasteiger partial charge in [0.05, 0.1) is 4.90 Å². The predicted molar refractivity (Wildman–Crippen MR) is 157 cm³/mol. The molecule has 1 N–H and O–H groups in total. The molecule has 41 heavy (non-hydrogen) atoms. The van der Waals surface area contributed by atoms with Crippen molar-refractivity contribution in [1.82, 2.24) is 9.62 Å². The number of carbonyl (C=O) groups excluding carboxylic acids is 1. The van der Waals surface area contributed by atoms with E-state index in [2.05, 4.69) is 16.5 Å². The van der Waals surface area contributed by atoms with Crippen molar-refractivity contribution in [3.63, 3.8) is 0 Å². The van der Waals surface area contributed by atoms with Gasteiger partial charge in [0, 0.05) is 13.2 Å². The number of rotatable bonds is 13. The molecular formula is C29H47ClN2O8S. The summed E-state index contributed by atoms with van der Waals surface area (Å²) in [4.78, 5) is 15.2. The van der Waals surface area contributed by atoms with Gasteiger partial charge in [0.15, 0.2) is 12.1 Å². The lowest BCUT2D eigenvalue weighted by Gasteiger charge is -2.35. The van der Waals surface area contributed by atoms with Crippen LogP contribution in [0, 0.1) is 6.92 Å². The monoisotopic (exact) mass is 618 g/mol. The largest absolute Gasteiger partial charge is 0.441 e. The number of amides is 1. The Bertz CT molecular complexity index is 1070. The molecule has 10 nitrogen and oxygen atoms in total. The highest BCUT2D eigenvalue weighted by Crippen LogP contribution is 2.40. The lowest BCUT2D eigenvalue weighted by molar-refractivity contribution is -0.230.